The van der Waals surface area contributed by atoms with Gasteiger partial charge in [-0.25, -0.2) is 8.42 Å². The van der Waals surface area contributed by atoms with Crippen LogP contribution in [0.2, 0.25) is 0 Å². The monoisotopic (exact) mass is 286 g/mol. The van der Waals surface area contributed by atoms with Gasteiger partial charge in [-0.15, -0.1) is 0 Å². The molecule has 1 rings (SSSR count). The quantitative estimate of drug-likeness (QED) is 0.812. The topological polar surface area (TPSA) is 85.4 Å². The van der Waals surface area contributed by atoms with Gasteiger partial charge in [-0.05, 0) is 25.0 Å². The zero-order valence-electron chi connectivity index (χ0n) is 11.4. The normalized spacial score (nSPS) is 13.3. The van der Waals surface area contributed by atoms with Gasteiger partial charge in [-0.2, -0.15) is 4.72 Å². The molecule has 0 unspecified atom stereocenters. The van der Waals surface area contributed by atoms with E-state index in [9.17, 15) is 13.2 Å². The first-order chi connectivity index (χ1) is 8.77. The molecule has 1 aromatic rings. The standard InChI is InChI=1S/C12H18N2O4S/c1-8(2)11(12(15)18-4)14-19(16,17)10-5-6-13-9(3)7-10/h5-8,11,14H,1-4H3/t11-/m0/s1. The molecule has 1 heterocycles. The van der Waals surface area contributed by atoms with Crippen LogP contribution in [0.25, 0.3) is 0 Å². The van der Waals surface area contributed by atoms with E-state index in [0.29, 0.717) is 5.69 Å². The van der Waals surface area contributed by atoms with Gasteiger partial charge < -0.3 is 4.74 Å². The van der Waals surface area contributed by atoms with Crippen LogP contribution in [-0.2, 0) is 19.6 Å². The minimum absolute atomic E-state index is 0.0783. The van der Waals surface area contributed by atoms with Crippen LogP contribution < -0.4 is 4.72 Å². The Bertz CT molecular complexity index is 555. The first-order valence-corrected chi connectivity index (χ1v) is 7.29. The Morgan fingerprint density at radius 1 is 1.42 bits per heavy atom. The van der Waals surface area contributed by atoms with Crippen molar-refractivity contribution in [1.82, 2.24) is 9.71 Å². The molecule has 0 spiro atoms. The maximum absolute atomic E-state index is 12.2. The molecular formula is C12H18N2O4S. The Kier molecular flexibility index (Phi) is 5.02. The van der Waals surface area contributed by atoms with Crippen LogP contribution in [0.5, 0.6) is 0 Å². The molecule has 0 aliphatic heterocycles. The number of aromatic nitrogens is 1. The highest BCUT2D eigenvalue weighted by Gasteiger charge is 2.29. The summed E-state index contributed by atoms with van der Waals surface area (Å²) in [7, 11) is -2.55. The number of nitrogens with zero attached hydrogens (tertiary/aromatic N) is 1. The largest absolute Gasteiger partial charge is 0.468 e. The van der Waals surface area contributed by atoms with E-state index in [-0.39, 0.29) is 10.8 Å². The summed E-state index contributed by atoms with van der Waals surface area (Å²) < 4.78 is 31.3. The van der Waals surface area contributed by atoms with Gasteiger partial charge in [0.15, 0.2) is 0 Å². The lowest BCUT2D eigenvalue weighted by atomic mass is 10.1. The molecule has 0 aromatic carbocycles. The minimum Gasteiger partial charge on any atom is -0.468 e. The van der Waals surface area contributed by atoms with Crippen molar-refractivity contribution in [3.8, 4) is 0 Å². The van der Waals surface area contributed by atoms with Crippen molar-refractivity contribution in [1.29, 1.82) is 0 Å². The Labute approximate surface area is 113 Å². The van der Waals surface area contributed by atoms with Crippen molar-refractivity contribution in [3.63, 3.8) is 0 Å². The van der Waals surface area contributed by atoms with Crippen LogP contribution in [0.3, 0.4) is 0 Å². The lowest BCUT2D eigenvalue weighted by Gasteiger charge is -2.19. The van der Waals surface area contributed by atoms with E-state index in [0.717, 1.165) is 0 Å². The van der Waals surface area contributed by atoms with Crippen LogP contribution in [0, 0.1) is 12.8 Å². The van der Waals surface area contributed by atoms with Crippen LogP contribution >= 0.6 is 0 Å². The number of esters is 1. The zero-order chi connectivity index (χ0) is 14.6. The number of aryl methyl sites for hydroxylation is 1. The summed E-state index contributed by atoms with van der Waals surface area (Å²) in [5.74, 6) is -0.825. The van der Waals surface area contributed by atoms with Crippen molar-refractivity contribution in [2.45, 2.75) is 31.7 Å². The average molecular weight is 286 g/mol. The summed E-state index contributed by atoms with van der Waals surface area (Å²) in [6, 6.07) is 1.91. The molecule has 0 radical (unpaired) electrons. The highest BCUT2D eigenvalue weighted by Crippen LogP contribution is 2.12. The molecule has 7 heteroatoms. The second-order valence-corrected chi connectivity index (χ2v) is 6.21. The van der Waals surface area contributed by atoms with E-state index >= 15 is 0 Å². The van der Waals surface area contributed by atoms with Crippen LogP contribution in [0.4, 0.5) is 0 Å². The molecule has 0 aliphatic carbocycles. The smallest absolute Gasteiger partial charge is 0.324 e. The Balaban J connectivity index is 3.04. The van der Waals surface area contributed by atoms with Crippen LogP contribution in [0.1, 0.15) is 19.5 Å². The Morgan fingerprint density at radius 3 is 2.53 bits per heavy atom. The van der Waals surface area contributed by atoms with Gasteiger partial charge in [0.25, 0.3) is 0 Å². The Morgan fingerprint density at radius 2 is 2.05 bits per heavy atom. The molecule has 1 N–H and O–H groups in total. The van der Waals surface area contributed by atoms with Crippen LogP contribution in [-0.4, -0.2) is 32.5 Å². The number of sulfonamides is 1. The fourth-order valence-corrected chi connectivity index (χ4v) is 2.91. The van der Waals surface area contributed by atoms with Crippen molar-refractivity contribution >= 4 is 16.0 Å². The molecule has 0 saturated carbocycles. The van der Waals surface area contributed by atoms with E-state index in [4.69, 9.17) is 0 Å². The third kappa shape index (κ3) is 4.00. The summed E-state index contributed by atoms with van der Waals surface area (Å²) in [5, 5.41) is 0. The molecule has 0 amide bonds. The molecule has 6 nitrogen and oxygen atoms in total. The van der Waals surface area contributed by atoms with Crippen LogP contribution in [0.15, 0.2) is 23.2 Å². The van der Waals surface area contributed by atoms with Gasteiger partial charge in [0, 0.05) is 11.9 Å². The number of hydrogen-bond acceptors (Lipinski definition) is 5. The van der Waals surface area contributed by atoms with E-state index in [1.165, 1.54) is 25.4 Å². The minimum atomic E-state index is -3.77. The van der Waals surface area contributed by atoms with Gasteiger partial charge in [-0.1, -0.05) is 13.8 Å². The van der Waals surface area contributed by atoms with Gasteiger partial charge in [0.2, 0.25) is 10.0 Å². The maximum atomic E-state index is 12.2. The average Bonchev–Trinajstić information content (AvgIpc) is 2.35. The molecule has 106 valence electrons. The van der Waals surface area contributed by atoms with Crippen molar-refractivity contribution in [2.75, 3.05) is 7.11 Å². The highest BCUT2D eigenvalue weighted by atomic mass is 32.2. The SMILES string of the molecule is COC(=O)[C@@H](NS(=O)(=O)c1ccnc(C)c1)C(C)C. The number of rotatable bonds is 5. The first-order valence-electron chi connectivity index (χ1n) is 5.80. The third-order valence-electron chi connectivity index (χ3n) is 2.58. The number of hydrogen-bond donors (Lipinski definition) is 1. The van der Waals surface area contributed by atoms with Crippen molar-refractivity contribution < 1.29 is 17.9 Å². The summed E-state index contributed by atoms with van der Waals surface area (Å²) in [6.45, 7) is 5.17. The molecule has 0 saturated heterocycles. The summed E-state index contributed by atoms with van der Waals surface area (Å²) in [5.41, 5.74) is 0.585. The summed E-state index contributed by atoms with van der Waals surface area (Å²) >= 11 is 0. The lowest BCUT2D eigenvalue weighted by Crippen LogP contribution is -2.44. The highest BCUT2D eigenvalue weighted by molar-refractivity contribution is 7.89. The maximum Gasteiger partial charge on any atom is 0.324 e. The zero-order valence-corrected chi connectivity index (χ0v) is 12.2. The first kappa shape index (κ1) is 15.6. The van der Waals surface area contributed by atoms with E-state index < -0.39 is 22.0 Å². The molecule has 0 aliphatic rings. The molecule has 0 bridgehead atoms. The molecule has 0 fully saturated rings. The Hall–Kier alpha value is -1.47. The van der Waals surface area contributed by atoms with Crippen molar-refractivity contribution in [3.05, 3.63) is 24.0 Å². The fourth-order valence-electron chi connectivity index (χ4n) is 1.51. The summed E-state index contributed by atoms with van der Waals surface area (Å²) in [6.07, 6.45) is 1.41. The van der Waals surface area contributed by atoms with Gasteiger partial charge in [0.1, 0.15) is 6.04 Å². The molecule has 1 atom stereocenters. The molecule has 19 heavy (non-hydrogen) atoms. The predicted octanol–water partition coefficient (Wildman–Crippen LogP) is 0.866. The number of nitrogens with one attached hydrogen (secondary N) is 1. The number of ether oxygens (including phenoxy) is 1. The number of carbonyl (C=O) groups excluding carboxylic acids is 1. The molecule has 1 aromatic heterocycles. The van der Waals surface area contributed by atoms with Gasteiger partial charge in [-0.3, -0.25) is 9.78 Å². The lowest BCUT2D eigenvalue weighted by molar-refractivity contribution is -0.143. The number of carbonyl (C=O) groups is 1. The third-order valence-corrected chi connectivity index (χ3v) is 4.02. The summed E-state index contributed by atoms with van der Waals surface area (Å²) in [4.78, 5) is 15.6. The van der Waals surface area contributed by atoms with E-state index in [1.54, 1.807) is 20.8 Å². The fraction of sp³-hybridized carbons (Fsp3) is 0.500. The van der Waals surface area contributed by atoms with Gasteiger partial charge in [0.05, 0.1) is 12.0 Å². The second-order valence-electron chi connectivity index (χ2n) is 4.50. The molecular weight excluding hydrogens is 268 g/mol. The van der Waals surface area contributed by atoms with Gasteiger partial charge >= 0.3 is 5.97 Å². The number of methoxy groups -OCH3 is 1. The van der Waals surface area contributed by atoms with E-state index in [2.05, 4.69) is 14.4 Å². The van der Waals surface area contributed by atoms with Crippen molar-refractivity contribution in [2.24, 2.45) is 5.92 Å². The van der Waals surface area contributed by atoms with E-state index in [1.807, 2.05) is 0 Å². The number of pyridine rings is 1. The second kappa shape index (κ2) is 6.12. The predicted molar refractivity (Wildman–Crippen MR) is 69.9 cm³/mol.